The molecule has 1 N–H and O–H groups in total. The normalized spacial score (nSPS) is 27.2. The molecular weight excluding hydrogens is 246 g/mol. The van der Waals surface area contributed by atoms with E-state index in [1.165, 1.54) is 44.6 Å². The number of hydrogen-bond acceptors (Lipinski definition) is 3. The highest BCUT2D eigenvalue weighted by Crippen LogP contribution is 2.26. The zero-order chi connectivity index (χ0) is 13.9. The Morgan fingerprint density at radius 1 is 1.15 bits per heavy atom. The van der Waals surface area contributed by atoms with E-state index in [9.17, 15) is 0 Å². The van der Waals surface area contributed by atoms with Crippen molar-refractivity contribution in [2.45, 2.75) is 37.9 Å². The quantitative estimate of drug-likeness (QED) is 0.906. The predicted molar refractivity (Wildman–Crippen MR) is 83.9 cm³/mol. The van der Waals surface area contributed by atoms with Crippen molar-refractivity contribution in [3.05, 3.63) is 35.9 Å². The molecule has 1 aromatic rings. The molecule has 0 saturated carbocycles. The van der Waals surface area contributed by atoms with E-state index in [2.05, 4.69) is 59.4 Å². The lowest BCUT2D eigenvalue weighted by atomic mass is 9.98. The molecule has 3 nitrogen and oxygen atoms in total. The summed E-state index contributed by atoms with van der Waals surface area (Å²) < 4.78 is 0. The van der Waals surface area contributed by atoms with E-state index in [-0.39, 0.29) is 0 Å². The molecule has 3 unspecified atom stereocenters. The maximum absolute atomic E-state index is 3.52. The number of likely N-dealkylation sites (N-methyl/N-ethyl adjacent to an activating group) is 1. The number of benzene rings is 1. The summed E-state index contributed by atoms with van der Waals surface area (Å²) in [6, 6.07) is 12.6. The fourth-order valence-corrected chi connectivity index (χ4v) is 3.94. The van der Waals surface area contributed by atoms with E-state index in [0.29, 0.717) is 12.1 Å². The minimum Gasteiger partial charge on any atom is -0.312 e. The zero-order valence-corrected chi connectivity index (χ0v) is 12.8. The standard InChI is InChI=1S/C17H27N3/c1-14(17(18-2)15-7-4-3-5-8-15)20-12-11-19-10-6-9-16(19)13-20/h3-5,7-8,14,16-18H,6,9-13H2,1-2H3. The lowest BCUT2D eigenvalue weighted by Gasteiger charge is -2.43. The minimum absolute atomic E-state index is 0.421. The highest BCUT2D eigenvalue weighted by Gasteiger charge is 2.34. The van der Waals surface area contributed by atoms with Crippen LogP contribution in [0.5, 0.6) is 0 Å². The van der Waals surface area contributed by atoms with Crippen LogP contribution in [0.2, 0.25) is 0 Å². The first-order chi connectivity index (χ1) is 9.79. The van der Waals surface area contributed by atoms with Crippen molar-refractivity contribution < 1.29 is 0 Å². The van der Waals surface area contributed by atoms with Gasteiger partial charge in [0.25, 0.3) is 0 Å². The minimum atomic E-state index is 0.421. The molecule has 3 heteroatoms. The zero-order valence-electron chi connectivity index (χ0n) is 12.8. The van der Waals surface area contributed by atoms with Crippen molar-refractivity contribution in [1.82, 2.24) is 15.1 Å². The number of piperazine rings is 1. The Labute approximate surface area is 123 Å². The molecular formula is C17H27N3. The van der Waals surface area contributed by atoms with Gasteiger partial charge in [-0.25, -0.2) is 0 Å². The predicted octanol–water partition coefficient (Wildman–Crippen LogP) is 2.12. The molecule has 1 aromatic carbocycles. The smallest absolute Gasteiger partial charge is 0.0473 e. The first-order valence-electron chi connectivity index (χ1n) is 8.00. The summed E-state index contributed by atoms with van der Waals surface area (Å²) in [4.78, 5) is 5.36. The molecule has 0 spiro atoms. The van der Waals surface area contributed by atoms with Crippen LogP contribution < -0.4 is 5.32 Å². The van der Waals surface area contributed by atoms with E-state index in [1.807, 2.05) is 0 Å². The van der Waals surface area contributed by atoms with Gasteiger partial charge in [0.1, 0.15) is 0 Å². The van der Waals surface area contributed by atoms with Crippen molar-refractivity contribution in [1.29, 1.82) is 0 Å². The second-order valence-electron chi connectivity index (χ2n) is 6.24. The maximum atomic E-state index is 3.52. The fraction of sp³-hybridized carbons (Fsp3) is 0.647. The molecule has 2 fully saturated rings. The highest BCUT2D eigenvalue weighted by atomic mass is 15.3. The fourth-order valence-electron chi connectivity index (χ4n) is 3.94. The Bertz CT molecular complexity index is 420. The van der Waals surface area contributed by atoms with Gasteiger partial charge in [0.05, 0.1) is 0 Å². The van der Waals surface area contributed by atoms with Crippen LogP contribution >= 0.6 is 0 Å². The maximum Gasteiger partial charge on any atom is 0.0473 e. The lowest BCUT2D eigenvalue weighted by Crippen LogP contribution is -2.55. The van der Waals surface area contributed by atoms with E-state index in [1.54, 1.807) is 0 Å². The second kappa shape index (κ2) is 6.25. The first-order valence-corrected chi connectivity index (χ1v) is 8.00. The third kappa shape index (κ3) is 2.76. The topological polar surface area (TPSA) is 18.5 Å². The van der Waals surface area contributed by atoms with Crippen molar-refractivity contribution in [2.75, 3.05) is 33.2 Å². The Morgan fingerprint density at radius 3 is 2.70 bits per heavy atom. The molecule has 0 amide bonds. The third-order valence-corrected chi connectivity index (χ3v) is 5.15. The summed E-state index contributed by atoms with van der Waals surface area (Å²) in [5.74, 6) is 0. The van der Waals surface area contributed by atoms with Crippen LogP contribution in [-0.2, 0) is 0 Å². The van der Waals surface area contributed by atoms with Crippen molar-refractivity contribution in [2.24, 2.45) is 0 Å². The lowest BCUT2D eigenvalue weighted by molar-refractivity contribution is 0.0641. The largest absolute Gasteiger partial charge is 0.312 e. The van der Waals surface area contributed by atoms with Crippen LogP contribution in [0.1, 0.15) is 31.4 Å². The van der Waals surface area contributed by atoms with Crippen LogP contribution in [0.25, 0.3) is 0 Å². The van der Waals surface area contributed by atoms with Crippen molar-refractivity contribution in [3.63, 3.8) is 0 Å². The number of hydrogen-bond donors (Lipinski definition) is 1. The molecule has 110 valence electrons. The summed E-state index contributed by atoms with van der Waals surface area (Å²) in [5, 5.41) is 3.52. The summed E-state index contributed by atoms with van der Waals surface area (Å²) in [7, 11) is 2.08. The van der Waals surface area contributed by atoms with Crippen LogP contribution in [0.15, 0.2) is 30.3 Å². The molecule has 0 aliphatic carbocycles. The Morgan fingerprint density at radius 2 is 1.95 bits per heavy atom. The van der Waals surface area contributed by atoms with Gasteiger partial charge in [-0.1, -0.05) is 30.3 Å². The van der Waals surface area contributed by atoms with E-state index < -0.39 is 0 Å². The van der Waals surface area contributed by atoms with Crippen LogP contribution in [0.4, 0.5) is 0 Å². The molecule has 2 aliphatic heterocycles. The molecule has 20 heavy (non-hydrogen) atoms. The second-order valence-corrected chi connectivity index (χ2v) is 6.24. The number of rotatable bonds is 4. The summed E-state index contributed by atoms with van der Waals surface area (Å²) in [5.41, 5.74) is 1.40. The summed E-state index contributed by atoms with van der Waals surface area (Å²) in [6.07, 6.45) is 2.78. The van der Waals surface area contributed by atoms with Gasteiger partial charge in [-0.15, -0.1) is 0 Å². The van der Waals surface area contributed by atoms with E-state index in [4.69, 9.17) is 0 Å². The van der Waals surface area contributed by atoms with Gasteiger partial charge >= 0.3 is 0 Å². The Kier molecular flexibility index (Phi) is 4.39. The summed E-state index contributed by atoms with van der Waals surface area (Å²) in [6.45, 7) is 7.40. The Balaban J connectivity index is 1.69. The van der Waals surface area contributed by atoms with Gasteiger partial charge in [-0.3, -0.25) is 9.80 Å². The molecule has 2 saturated heterocycles. The molecule has 0 bridgehead atoms. The molecule has 3 atom stereocenters. The highest BCUT2D eigenvalue weighted by molar-refractivity contribution is 5.20. The van der Waals surface area contributed by atoms with Gasteiger partial charge < -0.3 is 5.32 Å². The first kappa shape index (κ1) is 14.1. The monoisotopic (exact) mass is 273 g/mol. The molecule has 2 heterocycles. The van der Waals surface area contributed by atoms with Crippen LogP contribution in [0, 0.1) is 0 Å². The van der Waals surface area contributed by atoms with E-state index in [0.717, 1.165) is 6.04 Å². The average molecular weight is 273 g/mol. The average Bonchev–Trinajstić information content (AvgIpc) is 2.96. The third-order valence-electron chi connectivity index (χ3n) is 5.15. The van der Waals surface area contributed by atoms with Gasteiger partial charge in [0, 0.05) is 37.8 Å². The van der Waals surface area contributed by atoms with Crippen molar-refractivity contribution >= 4 is 0 Å². The van der Waals surface area contributed by atoms with Gasteiger partial charge in [0.2, 0.25) is 0 Å². The molecule has 2 aliphatic rings. The Hall–Kier alpha value is -0.900. The molecule has 0 aromatic heterocycles. The number of nitrogens with one attached hydrogen (secondary N) is 1. The summed E-state index contributed by atoms with van der Waals surface area (Å²) >= 11 is 0. The van der Waals surface area contributed by atoms with E-state index >= 15 is 0 Å². The SMILES string of the molecule is CNC(c1ccccc1)C(C)N1CCN2CCCC2C1. The van der Waals surface area contributed by atoms with Crippen LogP contribution in [0.3, 0.4) is 0 Å². The number of nitrogens with zero attached hydrogens (tertiary/aromatic N) is 2. The molecule has 0 radical (unpaired) electrons. The van der Waals surface area contributed by atoms with Crippen molar-refractivity contribution in [3.8, 4) is 0 Å². The van der Waals surface area contributed by atoms with Crippen LogP contribution in [-0.4, -0.2) is 55.1 Å². The van der Waals surface area contributed by atoms with Gasteiger partial charge in [0.15, 0.2) is 0 Å². The van der Waals surface area contributed by atoms with Gasteiger partial charge in [-0.2, -0.15) is 0 Å². The number of fused-ring (bicyclic) bond motifs is 1. The molecule has 3 rings (SSSR count). The van der Waals surface area contributed by atoms with Gasteiger partial charge in [-0.05, 0) is 38.9 Å².